The molecule has 1 aliphatic rings. The van der Waals surface area contributed by atoms with Crippen LogP contribution >= 0.6 is 0 Å². The summed E-state index contributed by atoms with van der Waals surface area (Å²) in [6.07, 6.45) is 1.98. The highest BCUT2D eigenvalue weighted by Crippen LogP contribution is 2.21. The van der Waals surface area contributed by atoms with Crippen molar-refractivity contribution in [3.8, 4) is 0 Å². The molecule has 0 bridgehead atoms. The largest absolute Gasteiger partial charge is 0.346 e. The van der Waals surface area contributed by atoms with Gasteiger partial charge in [0.15, 0.2) is 15.7 Å². The summed E-state index contributed by atoms with van der Waals surface area (Å²) in [6, 6.07) is 6.63. The highest BCUT2D eigenvalue weighted by Gasteiger charge is 2.25. The zero-order valence-corrected chi connectivity index (χ0v) is 15.4. The van der Waals surface area contributed by atoms with Crippen LogP contribution in [0.4, 0.5) is 0 Å². The van der Waals surface area contributed by atoms with Gasteiger partial charge in [0.25, 0.3) is 0 Å². The van der Waals surface area contributed by atoms with Crippen molar-refractivity contribution in [3.05, 3.63) is 46.1 Å². The summed E-state index contributed by atoms with van der Waals surface area (Å²) in [5.41, 5.74) is 0.622. The Morgan fingerprint density at radius 1 is 1.28 bits per heavy atom. The fourth-order valence-corrected chi connectivity index (χ4v) is 4.38. The zero-order chi connectivity index (χ0) is 18.0. The lowest BCUT2D eigenvalue weighted by atomic mass is 9.99. The number of hydrogen-bond acceptors (Lipinski definition) is 5. The molecule has 0 radical (unpaired) electrons. The summed E-state index contributed by atoms with van der Waals surface area (Å²) in [6.45, 7) is 5.99. The Labute approximate surface area is 147 Å². The lowest BCUT2D eigenvalue weighted by molar-refractivity contribution is 0.431. The quantitative estimate of drug-likeness (QED) is 0.863. The fraction of sp³-hybridized carbons (Fsp3) is 0.529. The molecule has 0 saturated carbocycles. The first kappa shape index (κ1) is 17.9. The second-order valence-corrected chi connectivity index (χ2v) is 8.44. The third-order valence-corrected chi connectivity index (χ3v) is 6.18. The van der Waals surface area contributed by atoms with Gasteiger partial charge >= 0.3 is 5.69 Å². The van der Waals surface area contributed by atoms with Gasteiger partial charge < -0.3 is 5.32 Å². The van der Waals surface area contributed by atoms with Gasteiger partial charge in [-0.15, -0.1) is 0 Å². The molecule has 0 spiro atoms. The van der Waals surface area contributed by atoms with Crippen LogP contribution in [0.2, 0.25) is 0 Å². The van der Waals surface area contributed by atoms with E-state index in [1.807, 2.05) is 13.8 Å². The number of nitrogens with one attached hydrogen (secondary N) is 1. The Morgan fingerprint density at radius 3 is 2.60 bits per heavy atom. The molecule has 0 amide bonds. The molecule has 1 aromatic carbocycles. The van der Waals surface area contributed by atoms with Gasteiger partial charge in [-0.2, -0.15) is 9.78 Å². The van der Waals surface area contributed by atoms with Crippen molar-refractivity contribution < 1.29 is 8.42 Å². The molecular formula is C17H24N4O3S. The van der Waals surface area contributed by atoms with E-state index in [4.69, 9.17) is 0 Å². The van der Waals surface area contributed by atoms with Gasteiger partial charge in [-0.05, 0) is 45.4 Å². The highest BCUT2D eigenvalue weighted by atomic mass is 32.2. The molecule has 1 atom stereocenters. The fourth-order valence-electron chi connectivity index (χ4n) is 3.19. The molecule has 2 aromatic rings. The van der Waals surface area contributed by atoms with Gasteiger partial charge in [-0.25, -0.2) is 13.2 Å². The molecule has 1 fully saturated rings. The Hall–Kier alpha value is -1.93. The average Bonchev–Trinajstić information content (AvgIpc) is 2.91. The molecule has 7 nitrogen and oxygen atoms in total. The van der Waals surface area contributed by atoms with E-state index in [9.17, 15) is 13.2 Å². The van der Waals surface area contributed by atoms with Crippen LogP contribution in [0.5, 0.6) is 0 Å². The molecule has 1 aromatic heterocycles. The van der Waals surface area contributed by atoms with Crippen molar-refractivity contribution in [2.45, 2.75) is 49.9 Å². The van der Waals surface area contributed by atoms with Gasteiger partial charge in [-0.1, -0.05) is 17.7 Å². The Kier molecular flexibility index (Phi) is 5.10. The molecule has 136 valence electrons. The van der Waals surface area contributed by atoms with Gasteiger partial charge in [0.05, 0.1) is 4.90 Å². The summed E-state index contributed by atoms with van der Waals surface area (Å²) in [5.74, 6) is 0.387. The Balaban J connectivity index is 1.93. The Bertz CT molecular complexity index is 891. The Morgan fingerprint density at radius 2 is 2.00 bits per heavy atom. The normalized spacial score (nSPS) is 18.4. The molecule has 1 saturated heterocycles. The third kappa shape index (κ3) is 3.69. The zero-order valence-electron chi connectivity index (χ0n) is 14.6. The minimum atomic E-state index is -3.62. The monoisotopic (exact) mass is 364 g/mol. The standard InChI is InChI=1S/C17H24N4O3S/c1-3-20-16(14-5-4-10-18-11-14)19-21(17(20)22)12-25(23,24)15-8-6-13(2)7-9-15/h6-9,14,18H,3-5,10-12H2,1-2H3/t14-/m0/s1. The van der Waals surface area contributed by atoms with Crippen molar-refractivity contribution in [2.24, 2.45) is 0 Å². The van der Waals surface area contributed by atoms with Crippen molar-refractivity contribution in [1.82, 2.24) is 19.7 Å². The molecule has 0 unspecified atom stereocenters. The van der Waals surface area contributed by atoms with Gasteiger partial charge in [-0.3, -0.25) is 4.57 Å². The number of rotatable bonds is 5. The molecule has 2 heterocycles. The van der Waals surface area contributed by atoms with E-state index < -0.39 is 15.7 Å². The first-order valence-electron chi connectivity index (χ1n) is 8.60. The van der Waals surface area contributed by atoms with Crippen LogP contribution in [0.3, 0.4) is 0 Å². The summed E-state index contributed by atoms with van der Waals surface area (Å²) in [4.78, 5) is 12.8. The van der Waals surface area contributed by atoms with Crippen molar-refractivity contribution in [3.63, 3.8) is 0 Å². The van der Waals surface area contributed by atoms with Crippen molar-refractivity contribution in [2.75, 3.05) is 13.1 Å². The number of hydrogen-bond donors (Lipinski definition) is 1. The van der Waals surface area contributed by atoms with E-state index in [-0.39, 0.29) is 16.5 Å². The lowest BCUT2D eigenvalue weighted by Crippen LogP contribution is -2.31. The van der Waals surface area contributed by atoms with Crippen LogP contribution in [-0.2, 0) is 22.3 Å². The topological polar surface area (TPSA) is 86.0 Å². The molecule has 8 heteroatoms. The van der Waals surface area contributed by atoms with Gasteiger partial charge in [0.1, 0.15) is 5.82 Å². The maximum absolute atomic E-state index is 12.6. The van der Waals surface area contributed by atoms with E-state index in [0.717, 1.165) is 36.2 Å². The van der Waals surface area contributed by atoms with Crippen LogP contribution in [0.15, 0.2) is 34.0 Å². The SMILES string of the molecule is CCn1c([C@H]2CCCNC2)nn(CS(=O)(=O)c2ccc(C)cc2)c1=O. The number of sulfone groups is 1. The summed E-state index contributed by atoms with van der Waals surface area (Å²) >= 11 is 0. The number of aromatic nitrogens is 3. The van der Waals surface area contributed by atoms with E-state index in [0.29, 0.717) is 12.4 Å². The predicted molar refractivity (Wildman–Crippen MR) is 95.4 cm³/mol. The average molecular weight is 364 g/mol. The summed E-state index contributed by atoms with van der Waals surface area (Å²) < 4.78 is 27.9. The second kappa shape index (κ2) is 7.13. The lowest BCUT2D eigenvalue weighted by Gasteiger charge is -2.21. The van der Waals surface area contributed by atoms with Crippen LogP contribution in [0.25, 0.3) is 0 Å². The van der Waals surface area contributed by atoms with E-state index in [1.54, 1.807) is 28.8 Å². The number of piperidine rings is 1. The summed E-state index contributed by atoms with van der Waals surface area (Å²) in [7, 11) is -3.62. The van der Waals surface area contributed by atoms with Crippen LogP contribution in [0.1, 0.15) is 37.1 Å². The van der Waals surface area contributed by atoms with Crippen LogP contribution in [0, 0.1) is 6.92 Å². The third-order valence-electron chi connectivity index (χ3n) is 4.60. The highest BCUT2D eigenvalue weighted by molar-refractivity contribution is 7.90. The van der Waals surface area contributed by atoms with Crippen molar-refractivity contribution >= 4 is 9.84 Å². The minimum absolute atomic E-state index is 0.143. The molecule has 1 aliphatic heterocycles. The number of benzene rings is 1. The maximum Gasteiger partial charge on any atom is 0.346 e. The van der Waals surface area contributed by atoms with Gasteiger partial charge in [0, 0.05) is 19.0 Å². The number of nitrogens with zero attached hydrogens (tertiary/aromatic N) is 3. The molecule has 25 heavy (non-hydrogen) atoms. The molecule has 0 aliphatic carbocycles. The van der Waals surface area contributed by atoms with Gasteiger partial charge in [0.2, 0.25) is 0 Å². The van der Waals surface area contributed by atoms with E-state index in [2.05, 4.69) is 10.4 Å². The van der Waals surface area contributed by atoms with E-state index >= 15 is 0 Å². The predicted octanol–water partition coefficient (Wildman–Crippen LogP) is 1.27. The molecule has 3 rings (SSSR count). The molecule has 1 N–H and O–H groups in total. The van der Waals surface area contributed by atoms with Crippen molar-refractivity contribution in [1.29, 1.82) is 0 Å². The summed E-state index contributed by atoms with van der Waals surface area (Å²) in [5, 5.41) is 7.69. The van der Waals surface area contributed by atoms with E-state index in [1.165, 1.54) is 0 Å². The maximum atomic E-state index is 12.6. The van der Waals surface area contributed by atoms with Crippen LogP contribution < -0.4 is 11.0 Å². The number of aryl methyl sites for hydroxylation is 1. The minimum Gasteiger partial charge on any atom is -0.316 e. The first-order valence-corrected chi connectivity index (χ1v) is 10.3. The smallest absolute Gasteiger partial charge is 0.316 e. The van der Waals surface area contributed by atoms with Crippen LogP contribution in [-0.4, -0.2) is 35.9 Å². The molecular weight excluding hydrogens is 340 g/mol. The first-order chi connectivity index (χ1) is 11.9. The second-order valence-electron chi connectivity index (χ2n) is 6.48.